The number of benzene rings is 3. The average Bonchev–Trinajstić information content (AvgIpc) is 2.83. The van der Waals surface area contributed by atoms with Crippen molar-refractivity contribution < 1.29 is 40.6 Å². The lowest BCUT2D eigenvalue weighted by Crippen LogP contribution is -2.43. The quantitative estimate of drug-likeness (QED) is 0.423. The molecule has 36 heavy (non-hydrogen) atoms. The number of nitrogens with zero attached hydrogens (tertiary/aromatic N) is 1. The third-order valence-electron chi connectivity index (χ3n) is 5.90. The number of sulfonamides is 1. The Morgan fingerprint density at radius 3 is 2.53 bits per heavy atom. The molecular formula is C25H21F4NO5S. The molecule has 0 spiro atoms. The zero-order chi connectivity index (χ0) is 26.3. The second kappa shape index (κ2) is 9.45. The van der Waals surface area contributed by atoms with E-state index in [4.69, 9.17) is 9.84 Å². The Labute approximate surface area is 204 Å². The second-order valence-electron chi connectivity index (χ2n) is 8.33. The van der Waals surface area contributed by atoms with Crippen LogP contribution in [0.4, 0.5) is 23.2 Å². The number of carboxylic acid groups (broad SMARTS) is 1. The van der Waals surface area contributed by atoms with Gasteiger partial charge in [-0.1, -0.05) is 24.3 Å². The van der Waals surface area contributed by atoms with Crippen LogP contribution in [0.2, 0.25) is 0 Å². The molecule has 0 unspecified atom stereocenters. The predicted octanol–water partition coefficient (Wildman–Crippen LogP) is 5.64. The number of fused-ring (bicyclic) bond motifs is 1. The highest BCUT2D eigenvalue weighted by molar-refractivity contribution is 7.92. The van der Waals surface area contributed by atoms with E-state index < -0.39 is 44.5 Å². The van der Waals surface area contributed by atoms with Gasteiger partial charge >= 0.3 is 12.1 Å². The van der Waals surface area contributed by atoms with Crippen LogP contribution in [0.5, 0.6) is 5.75 Å². The first-order chi connectivity index (χ1) is 16.9. The summed E-state index contributed by atoms with van der Waals surface area (Å²) in [4.78, 5) is 10.5. The number of rotatable bonds is 6. The molecule has 4 rings (SSSR count). The molecule has 0 saturated carbocycles. The van der Waals surface area contributed by atoms with Crippen LogP contribution in [0.1, 0.15) is 24.0 Å². The number of halogens is 4. The molecule has 3 aromatic carbocycles. The zero-order valence-electron chi connectivity index (χ0n) is 18.9. The van der Waals surface area contributed by atoms with Crippen LogP contribution in [0.15, 0.2) is 65.6 Å². The number of carbonyl (C=O) groups is 1. The minimum Gasteiger partial charge on any atom is -0.486 e. The molecule has 6 nitrogen and oxygen atoms in total. The summed E-state index contributed by atoms with van der Waals surface area (Å²) in [5, 5.41) is 9.04. The number of alkyl halides is 3. The van der Waals surface area contributed by atoms with Crippen molar-refractivity contribution in [1.29, 1.82) is 0 Å². The van der Waals surface area contributed by atoms with Crippen molar-refractivity contribution in [2.75, 3.05) is 10.8 Å². The minimum absolute atomic E-state index is 0.0197. The molecule has 190 valence electrons. The van der Waals surface area contributed by atoms with E-state index in [0.717, 1.165) is 22.5 Å². The second-order valence-corrected chi connectivity index (χ2v) is 10.2. The van der Waals surface area contributed by atoms with E-state index >= 15 is 0 Å². The maximum absolute atomic E-state index is 14.2. The van der Waals surface area contributed by atoms with Gasteiger partial charge < -0.3 is 9.84 Å². The molecule has 1 N–H and O–H groups in total. The number of hydrogen-bond donors (Lipinski definition) is 1. The lowest BCUT2D eigenvalue weighted by atomic mass is 9.99. The van der Waals surface area contributed by atoms with E-state index in [-0.39, 0.29) is 30.8 Å². The van der Waals surface area contributed by atoms with E-state index in [1.54, 1.807) is 19.1 Å². The van der Waals surface area contributed by atoms with Gasteiger partial charge in [-0.2, -0.15) is 13.2 Å². The zero-order valence-corrected chi connectivity index (χ0v) is 19.7. The molecule has 0 fully saturated rings. The van der Waals surface area contributed by atoms with E-state index in [1.807, 2.05) is 0 Å². The molecule has 3 aromatic rings. The maximum Gasteiger partial charge on any atom is 0.416 e. The van der Waals surface area contributed by atoms with Gasteiger partial charge in [0.25, 0.3) is 10.0 Å². The summed E-state index contributed by atoms with van der Waals surface area (Å²) < 4.78 is 88.0. The van der Waals surface area contributed by atoms with Crippen LogP contribution in [-0.2, 0) is 21.0 Å². The fraction of sp³-hybridized carbons (Fsp3) is 0.240. The predicted molar refractivity (Wildman–Crippen MR) is 124 cm³/mol. The fourth-order valence-electron chi connectivity index (χ4n) is 4.02. The van der Waals surface area contributed by atoms with Crippen molar-refractivity contribution in [3.63, 3.8) is 0 Å². The Morgan fingerprint density at radius 2 is 1.83 bits per heavy atom. The number of hydrogen-bond acceptors (Lipinski definition) is 4. The molecule has 0 amide bonds. The molecule has 0 aliphatic carbocycles. The van der Waals surface area contributed by atoms with Gasteiger partial charge in [0.1, 0.15) is 17.7 Å². The molecule has 1 atom stereocenters. The summed E-state index contributed by atoms with van der Waals surface area (Å²) in [7, 11) is -4.52. The van der Waals surface area contributed by atoms with Crippen molar-refractivity contribution >= 4 is 21.7 Å². The first kappa shape index (κ1) is 25.5. The van der Waals surface area contributed by atoms with Crippen molar-refractivity contribution in [2.24, 2.45) is 0 Å². The maximum atomic E-state index is 14.2. The normalized spacial score (nSPS) is 15.8. The molecular weight excluding hydrogens is 502 g/mol. The lowest BCUT2D eigenvalue weighted by Gasteiger charge is -2.36. The van der Waals surface area contributed by atoms with Crippen LogP contribution < -0.4 is 9.04 Å². The summed E-state index contributed by atoms with van der Waals surface area (Å²) in [6.07, 6.45) is -5.91. The van der Waals surface area contributed by atoms with Gasteiger partial charge in [0, 0.05) is 6.42 Å². The average molecular weight is 524 g/mol. The molecule has 1 aliphatic heterocycles. The van der Waals surface area contributed by atoms with E-state index in [1.165, 1.54) is 24.3 Å². The molecule has 1 aliphatic rings. The highest BCUT2D eigenvalue weighted by Crippen LogP contribution is 2.41. The Bertz CT molecular complexity index is 1420. The van der Waals surface area contributed by atoms with Gasteiger partial charge in [-0.25, -0.2) is 12.8 Å². The number of anilines is 1. The highest BCUT2D eigenvalue weighted by Gasteiger charge is 2.37. The summed E-state index contributed by atoms with van der Waals surface area (Å²) in [5.74, 6) is -1.44. The Morgan fingerprint density at radius 1 is 1.11 bits per heavy atom. The van der Waals surface area contributed by atoms with E-state index in [9.17, 15) is 30.8 Å². The standard InChI is InChI=1S/C25H21F4NO5S/c1-15-20(6-3-7-21(15)26)16-8-10-23-22(12-16)30(14-18(35-23)9-11-24(31)32)36(33,34)19-5-2-4-17(13-19)25(27,28)29/h2-8,10,12-13,18H,9,11,14H2,1H3,(H,31,32)/t18-/m0/s1. The SMILES string of the molecule is Cc1c(F)cccc1-c1ccc2c(c1)N(S(=O)(=O)c1cccc(C(F)(F)F)c1)C[C@H](CCC(=O)O)O2. The molecule has 0 bridgehead atoms. The van der Waals surface area contributed by atoms with Crippen molar-refractivity contribution in [3.05, 3.63) is 77.6 Å². The Balaban J connectivity index is 1.83. The largest absolute Gasteiger partial charge is 0.486 e. The third-order valence-corrected chi connectivity index (χ3v) is 7.67. The molecule has 0 saturated heterocycles. The Kier molecular flexibility index (Phi) is 6.70. The van der Waals surface area contributed by atoms with Crippen LogP contribution >= 0.6 is 0 Å². The van der Waals surface area contributed by atoms with Gasteiger partial charge in [0.15, 0.2) is 0 Å². The first-order valence-electron chi connectivity index (χ1n) is 10.9. The van der Waals surface area contributed by atoms with E-state index in [2.05, 4.69) is 0 Å². The molecule has 1 heterocycles. The van der Waals surface area contributed by atoms with Crippen LogP contribution in [0.25, 0.3) is 11.1 Å². The first-order valence-corrected chi connectivity index (χ1v) is 12.3. The van der Waals surface area contributed by atoms with Gasteiger partial charge in [0.05, 0.1) is 22.7 Å². The van der Waals surface area contributed by atoms with Crippen LogP contribution in [0.3, 0.4) is 0 Å². The van der Waals surface area contributed by atoms with Crippen molar-refractivity contribution in [2.45, 2.75) is 36.9 Å². The molecule has 0 aromatic heterocycles. The molecule has 11 heteroatoms. The summed E-state index contributed by atoms with van der Waals surface area (Å²) in [5.41, 5.74) is 0.245. The number of ether oxygens (including phenoxy) is 1. The third kappa shape index (κ3) is 5.01. The highest BCUT2D eigenvalue weighted by atomic mass is 32.2. The Hall–Kier alpha value is -3.60. The summed E-state index contributed by atoms with van der Waals surface area (Å²) in [6.45, 7) is 1.25. The van der Waals surface area contributed by atoms with Gasteiger partial charge in [0.2, 0.25) is 0 Å². The fourth-order valence-corrected chi connectivity index (χ4v) is 5.57. The summed E-state index contributed by atoms with van der Waals surface area (Å²) in [6, 6.07) is 12.4. The van der Waals surface area contributed by atoms with Gasteiger partial charge in [-0.15, -0.1) is 0 Å². The van der Waals surface area contributed by atoms with Crippen LogP contribution in [-0.4, -0.2) is 32.1 Å². The topological polar surface area (TPSA) is 83.9 Å². The minimum atomic E-state index is -4.75. The van der Waals surface area contributed by atoms with Gasteiger partial charge in [-0.3, -0.25) is 9.10 Å². The van der Waals surface area contributed by atoms with Crippen LogP contribution in [0, 0.1) is 12.7 Å². The van der Waals surface area contributed by atoms with Crippen molar-refractivity contribution in [1.82, 2.24) is 0 Å². The number of carboxylic acids is 1. The van der Waals surface area contributed by atoms with Crippen molar-refractivity contribution in [3.8, 4) is 16.9 Å². The smallest absolute Gasteiger partial charge is 0.416 e. The summed E-state index contributed by atoms with van der Waals surface area (Å²) >= 11 is 0. The molecule has 0 radical (unpaired) electrons. The van der Waals surface area contributed by atoms with Gasteiger partial charge in [-0.05, 0) is 66.4 Å². The monoisotopic (exact) mass is 523 g/mol. The number of aliphatic carboxylic acids is 1. The lowest BCUT2D eigenvalue weighted by molar-refractivity contribution is -0.138. The van der Waals surface area contributed by atoms with E-state index in [0.29, 0.717) is 22.8 Å².